The van der Waals surface area contributed by atoms with Crippen LogP contribution in [0.4, 0.5) is 10.7 Å². The van der Waals surface area contributed by atoms with Crippen molar-refractivity contribution in [2.75, 3.05) is 37.2 Å². The molecular weight excluding hydrogens is 470 g/mol. The molecule has 1 aliphatic rings. The number of fused-ring (bicyclic) bond motifs is 1. The van der Waals surface area contributed by atoms with Crippen LogP contribution in [-0.4, -0.2) is 53.6 Å². The van der Waals surface area contributed by atoms with Crippen molar-refractivity contribution >= 4 is 45.7 Å². The summed E-state index contributed by atoms with van der Waals surface area (Å²) in [5, 5.41) is 12.9. The maximum Gasteiger partial charge on any atom is 0.341 e. The Labute approximate surface area is 207 Å². The van der Waals surface area contributed by atoms with Gasteiger partial charge in [-0.1, -0.05) is 11.8 Å². The van der Waals surface area contributed by atoms with Crippen LogP contribution in [0.15, 0.2) is 29.4 Å². The molecule has 2 aromatic heterocycles. The summed E-state index contributed by atoms with van der Waals surface area (Å²) in [6.45, 7) is 2.72. The van der Waals surface area contributed by atoms with E-state index in [2.05, 4.69) is 15.5 Å². The summed E-state index contributed by atoms with van der Waals surface area (Å²) in [5.41, 5.74) is 3.63. The van der Waals surface area contributed by atoms with Crippen molar-refractivity contribution in [3.63, 3.8) is 0 Å². The summed E-state index contributed by atoms with van der Waals surface area (Å²) in [7, 11) is 5.38. The number of rotatable bonds is 8. The first-order valence-electron chi connectivity index (χ1n) is 11.3. The van der Waals surface area contributed by atoms with Gasteiger partial charge in [-0.15, -0.1) is 21.5 Å². The normalized spacial score (nSPS) is 12.8. The third-order valence-corrected chi connectivity index (χ3v) is 8.00. The van der Waals surface area contributed by atoms with Gasteiger partial charge in [-0.3, -0.25) is 4.79 Å². The lowest BCUT2D eigenvalue weighted by Crippen LogP contribution is -2.17. The Kier molecular flexibility index (Phi) is 7.57. The Morgan fingerprint density at radius 2 is 1.91 bits per heavy atom. The number of aromatic nitrogens is 3. The average Bonchev–Trinajstić information content (AvgIpc) is 3.42. The molecule has 1 amide bonds. The van der Waals surface area contributed by atoms with Crippen molar-refractivity contribution in [3.8, 4) is 11.4 Å². The highest BCUT2D eigenvalue weighted by Gasteiger charge is 2.27. The number of benzene rings is 1. The van der Waals surface area contributed by atoms with E-state index in [-0.39, 0.29) is 11.7 Å². The standard InChI is InChI=1S/C24H29N5O3S2/c1-5-29-21(15-10-12-16(13-11-15)28(2)3)26-27-24(29)33-14-19(30)25-22-20(23(31)32-4)17-8-6-7-9-18(17)34-22/h10-13H,5-9,14H2,1-4H3,(H,25,30). The first kappa shape index (κ1) is 24.3. The van der Waals surface area contributed by atoms with Crippen molar-refractivity contribution in [3.05, 3.63) is 40.3 Å². The summed E-state index contributed by atoms with van der Waals surface area (Å²) in [5.74, 6) is 0.366. The van der Waals surface area contributed by atoms with Gasteiger partial charge in [0.25, 0.3) is 0 Å². The van der Waals surface area contributed by atoms with Crippen molar-refractivity contribution < 1.29 is 14.3 Å². The Bertz CT molecular complexity index is 1180. The van der Waals surface area contributed by atoms with Gasteiger partial charge in [-0.05, 0) is 62.4 Å². The maximum atomic E-state index is 12.8. The van der Waals surface area contributed by atoms with E-state index in [4.69, 9.17) is 4.74 Å². The molecule has 0 saturated carbocycles. The van der Waals surface area contributed by atoms with Crippen LogP contribution in [0.5, 0.6) is 0 Å². The van der Waals surface area contributed by atoms with Crippen molar-refractivity contribution in [1.29, 1.82) is 0 Å². The molecule has 34 heavy (non-hydrogen) atoms. The Morgan fingerprint density at radius 3 is 2.59 bits per heavy atom. The number of amides is 1. The van der Waals surface area contributed by atoms with Crippen LogP contribution in [0, 0.1) is 0 Å². The molecule has 1 N–H and O–H groups in total. The van der Waals surface area contributed by atoms with Crippen molar-refractivity contribution in [2.45, 2.75) is 44.3 Å². The number of carbonyl (C=O) groups excluding carboxylic acids is 2. The number of hydrogen-bond donors (Lipinski definition) is 1. The van der Waals surface area contributed by atoms with Gasteiger partial charge in [-0.2, -0.15) is 0 Å². The molecular formula is C24H29N5O3S2. The number of aryl methyl sites for hydroxylation is 1. The molecule has 10 heteroatoms. The fraction of sp³-hybridized carbons (Fsp3) is 0.417. The largest absolute Gasteiger partial charge is 0.465 e. The van der Waals surface area contributed by atoms with Crippen LogP contribution < -0.4 is 10.2 Å². The van der Waals surface area contributed by atoms with E-state index in [9.17, 15) is 9.59 Å². The predicted molar refractivity (Wildman–Crippen MR) is 137 cm³/mol. The molecule has 0 aliphatic heterocycles. The van der Waals surface area contributed by atoms with E-state index in [1.54, 1.807) is 0 Å². The van der Waals surface area contributed by atoms with Gasteiger partial charge in [0.05, 0.1) is 18.4 Å². The second-order valence-corrected chi connectivity index (χ2v) is 10.3. The van der Waals surface area contributed by atoms with E-state index in [0.29, 0.717) is 22.3 Å². The molecule has 0 radical (unpaired) electrons. The zero-order chi connectivity index (χ0) is 24.2. The van der Waals surface area contributed by atoms with Crippen LogP contribution >= 0.6 is 23.1 Å². The summed E-state index contributed by atoms with van der Waals surface area (Å²) in [4.78, 5) is 28.4. The summed E-state index contributed by atoms with van der Waals surface area (Å²) < 4.78 is 7.00. The summed E-state index contributed by atoms with van der Waals surface area (Å²) in [6, 6.07) is 8.15. The fourth-order valence-corrected chi connectivity index (χ4v) is 6.16. The highest BCUT2D eigenvalue weighted by Crippen LogP contribution is 2.38. The van der Waals surface area contributed by atoms with Gasteiger partial charge in [0.1, 0.15) is 5.00 Å². The van der Waals surface area contributed by atoms with Crippen molar-refractivity contribution in [2.24, 2.45) is 0 Å². The zero-order valence-electron chi connectivity index (χ0n) is 19.9. The van der Waals surface area contributed by atoms with Crippen LogP contribution in [0.25, 0.3) is 11.4 Å². The Balaban J connectivity index is 1.47. The highest BCUT2D eigenvalue weighted by atomic mass is 32.2. The second-order valence-electron chi connectivity index (χ2n) is 8.24. The Hall–Kier alpha value is -2.85. The first-order chi connectivity index (χ1) is 16.4. The number of anilines is 2. The number of carbonyl (C=O) groups is 2. The molecule has 4 rings (SSSR count). The first-order valence-corrected chi connectivity index (χ1v) is 13.1. The van der Waals surface area contributed by atoms with Gasteiger partial charge in [0, 0.05) is 36.8 Å². The van der Waals surface area contributed by atoms with Crippen LogP contribution in [0.3, 0.4) is 0 Å². The molecule has 8 nitrogen and oxygen atoms in total. The third kappa shape index (κ3) is 4.97. The quantitative estimate of drug-likeness (QED) is 0.361. The minimum absolute atomic E-state index is 0.168. The molecule has 0 bridgehead atoms. The van der Waals surface area contributed by atoms with Crippen LogP contribution in [0.1, 0.15) is 40.6 Å². The molecule has 0 fully saturated rings. The van der Waals surface area contributed by atoms with E-state index in [1.807, 2.05) is 54.8 Å². The van der Waals surface area contributed by atoms with Crippen molar-refractivity contribution in [1.82, 2.24) is 14.8 Å². The minimum Gasteiger partial charge on any atom is -0.465 e. The maximum absolute atomic E-state index is 12.8. The number of hydrogen-bond acceptors (Lipinski definition) is 8. The molecule has 180 valence electrons. The predicted octanol–water partition coefficient (Wildman–Crippen LogP) is 4.49. The van der Waals surface area contributed by atoms with E-state index in [1.165, 1.54) is 35.1 Å². The van der Waals surface area contributed by atoms with E-state index in [0.717, 1.165) is 48.3 Å². The number of nitrogens with one attached hydrogen (secondary N) is 1. The van der Waals surface area contributed by atoms with Crippen LogP contribution in [-0.2, 0) is 28.9 Å². The summed E-state index contributed by atoms with van der Waals surface area (Å²) >= 11 is 2.82. The molecule has 0 unspecified atom stereocenters. The van der Waals surface area contributed by atoms with Gasteiger partial charge in [0.2, 0.25) is 5.91 Å². The lowest BCUT2D eigenvalue weighted by atomic mass is 9.95. The average molecular weight is 500 g/mol. The number of thioether (sulfide) groups is 1. The summed E-state index contributed by atoms with van der Waals surface area (Å²) in [6.07, 6.45) is 3.93. The van der Waals surface area contributed by atoms with Gasteiger partial charge >= 0.3 is 5.97 Å². The molecule has 2 heterocycles. The van der Waals surface area contributed by atoms with Gasteiger partial charge in [0.15, 0.2) is 11.0 Å². The van der Waals surface area contributed by atoms with E-state index < -0.39 is 5.97 Å². The molecule has 0 atom stereocenters. The number of esters is 1. The number of nitrogens with zero attached hydrogens (tertiary/aromatic N) is 4. The topological polar surface area (TPSA) is 89.3 Å². The van der Waals surface area contributed by atoms with Gasteiger partial charge < -0.3 is 19.5 Å². The highest BCUT2D eigenvalue weighted by molar-refractivity contribution is 7.99. The third-order valence-electron chi connectivity index (χ3n) is 5.82. The smallest absolute Gasteiger partial charge is 0.341 e. The molecule has 1 aliphatic carbocycles. The number of methoxy groups -OCH3 is 1. The lowest BCUT2D eigenvalue weighted by Gasteiger charge is -2.13. The lowest BCUT2D eigenvalue weighted by molar-refractivity contribution is -0.113. The number of ether oxygens (including phenoxy) is 1. The second kappa shape index (κ2) is 10.6. The van der Waals surface area contributed by atoms with E-state index >= 15 is 0 Å². The SMILES string of the molecule is CCn1c(SCC(=O)Nc2sc3c(c2C(=O)OC)CCCC3)nnc1-c1ccc(N(C)C)cc1. The molecule has 1 aromatic carbocycles. The van der Waals surface area contributed by atoms with Crippen LogP contribution in [0.2, 0.25) is 0 Å². The molecule has 0 spiro atoms. The fourth-order valence-electron chi connectivity index (χ4n) is 4.07. The zero-order valence-corrected chi connectivity index (χ0v) is 21.5. The van der Waals surface area contributed by atoms with Gasteiger partial charge in [-0.25, -0.2) is 4.79 Å². The Morgan fingerprint density at radius 1 is 1.18 bits per heavy atom. The monoisotopic (exact) mass is 499 g/mol. The molecule has 3 aromatic rings. The molecule has 0 saturated heterocycles. The number of thiophene rings is 1. The minimum atomic E-state index is -0.391.